The molecule has 0 spiro atoms. The second-order valence-electron chi connectivity index (χ2n) is 4.01. The zero-order chi connectivity index (χ0) is 10.7. The number of rotatable bonds is 4. The van der Waals surface area contributed by atoms with Gasteiger partial charge in [0.2, 0.25) is 0 Å². The first-order valence-corrected chi connectivity index (χ1v) is 5.42. The van der Waals surface area contributed by atoms with E-state index in [1.165, 1.54) is 11.3 Å². The lowest BCUT2D eigenvalue weighted by Crippen LogP contribution is -2.50. The van der Waals surface area contributed by atoms with Crippen molar-refractivity contribution in [2.24, 2.45) is 5.73 Å². The topological polar surface area (TPSA) is 38.5 Å². The second-order valence-corrected chi connectivity index (χ2v) is 4.01. The van der Waals surface area contributed by atoms with Gasteiger partial charge in [-0.2, -0.15) is 0 Å². The van der Waals surface area contributed by atoms with Crippen molar-refractivity contribution in [3.05, 3.63) is 29.8 Å². The van der Waals surface area contributed by atoms with E-state index >= 15 is 0 Å². The van der Waals surface area contributed by atoms with Gasteiger partial charge in [-0.25, -0.2) is 0 Å². The predicted molar refractivity (Wildman–Crippen MR) is 62.2 cm³/mol. The molecule has 0 radical (unpaired) electrons. The molecule has 1 aromatic rings. The molecule has 0 aliphatic carbocycles. The SMILES string of the molecule is Cc1ccc(N(CCN)C2COC2)cc1. The van der Waals surface area contributed by atoms with Gasteiger partial charge in [0.05, 0.1) is 19.3 Å². The lowest BCUT2D eigenvalue weighted by atomic mass is 10.1. The van der Waals surface area contributed by atoms with Crippen LogP contribution in [0.25, 0.3) is 0 Å². The van der Waals surface area contributed by atoms with E-state index < -0.39 is 0 Å². The average Bonchev–Trinajstić information content (AvgIpc) is 2.16. The molecule has 3 nitrogen and oxygen atoms in total. The molecule has 1 aromatic carbocycles. The molecule has 1 heterocycles. The van der Waals surface area contributed by atoms with Crippen LogP contribution < -0.4 is 10.6 Å². The number of benzene rings is 1. The fraction of sp³-hybridized carbons (Fsp3) is 0.500. The average molecular weight is 206 g/mol. The van der Waals surface area contributed by atoms with Gasteiger partial charge < -0.3 is 15.4 Å². The van der Waals surface area contributed by atoms with Crippen molar-refractivity contribution in [2.75, 3.05) is 31.2 Å². The lowest BCUT2D eigenvalue weighted by Gasteiger charge is -2.38. The Hall–Kier alpha value is -1.06. The molecule has 0 unspecified atom stereocenters. The summed E-state index contributed by atoms with van der Waals surface area (Å²) in [6.07, 6.45) is 0. The van der Waals surface area contributed by atoms with Crippen LogP contribution in [0.15, 0.2) is 24.3 Å². The molecule has 1 aliphatic rings. The van der Waals surface area contributed by atoms with Gasteiger partial charge in [-0.05, 0) is 19.1 Å². The van der Waals surface area contributed by atoms with Gasteiger partial charge in [-0.1, -0.05) is 17.7 Å². The smallest absolute Gasteiger partial charge is 0.0757 e. The number of nitrogens with two attached hydrogens (primary N) is 1. The molecule has 82 valence electrons. The quantitative estimate of drug-likeness (QED) is 0.803. The first kappa shape index (κ1) is 10.5. The Kier molecular flexibility index (Phi) is 3.23. The second kappa shape index (κ2) is 4.64. The highest BCUT2D eigenvalue weighted by molar-refractivity contribution is 5.49. The molecule has 3 heteroatoms. The maximum absolute atomic E-state index is 5.63. The normalized spacial score (nSPS) is 16.1. The largest absolute Gasteiger partial charge is 0.377 e. The van der Waals surface area contributed by atoms with Crippen molar-refractivity contribution in [1.82, 2.24) is 0 Å². The lowest BCUT2D eigenvalue weighted by molar-refractivity contribution is 0.00831. The third-order valence-electron chi connectivity index (χ3n) is 2.80. The standard InChI is InChI=1S/C12H18N2O/c1-10-2-4-11(5-3-10)14(7-6-13)12-8-15-9-12/h2-5,12H,6-9,13H2,1H3. The highest BCUT2D eigenvalue weighted by atomic mass is 16.5. The molecule has 0 bridgehead atoms. The van der Waals surface area contributed by atoms with Gasteiger partial charge >= 0.3 is 0 Å². The minimum atomic E-state index is 0.510. The molecule has 0 saturated carbocycles. The zero-order valence-corrected chi connectivity index (χ0v) is 9.15. The Morgan fingerprint density at radius 3 is 2.47 bits per heavy atom. The van der Waals surface area contributed by atoms with Crippen LogP contribution >= 0.6 is 0 Å². The van der Waals surface area contributed by atoms with Crippen LogP contribution in [0.2, 0.25) is 0 Å². The maximum Gasteiger partial charge on any atom is 0.0757 e. The summed E-state index contributed by atoms with van der Waals surface area (Å²) in [6, 6.07) is 9.10. The van der Waals surface area contributed by atoms with Gasteiger partial charge in [-0.15, -0.1) is 0 Å². The van der Waals surface area contributed by atoms with Crippen LogP contribution in [0.5, 0.6) is 0 Å². The van der Waals surface area contributed by atoms with Crippen LogP contribution in [-0.4, -0.2) is 32.3 Å². The molecule has 2 rings (SSSR count). The molecule has 0 aromatic heterocycles. The Bertz CT molecular complexity index is 306. The number of anilines is 1. The highest BCUT2D eigenvalue weighted by Gasteiger charge is 2.25. The van der Waals surface area contributed by atoms with E-state index in [4.69, 9.17) is 10.5 Å². The first-order valence-electron chi connectivity index (χ1n) is 5.42. The van der Waals surface area contributed by atoms with E-state index in [9.17, 15) is 0 Å². The number of aryl methyl sites for hydroxylation is 1. The van der Waals surface area contributed by atoms with Crippen molar-refractivity contribution in [3.63, 3.8) is 0 Å². The number of hydrogen-bond donors (Lipinski definition) is 1. The summed E-state index contributed by atoms with van der Waals surface area (Å²) in [5.74, 6) is 0. The predicted octanol–water partition coefficient (Wildman–Crippen LogP) is 1.16. The van der Waals surface area contributed by atoms with Crippen molar-refractivity contribution in [1.29, 1.82) is 0 Å². The van der Waals surface area contributed by atoms with Crippen LogP contribution in [0.4, 0.5) is 5.69 Å². The van der Waals surface area contributed by atoms with Gasteiger partial charge in [-0.3, -0.25) is 0 Å². The van der Waals surface area contributed by atoms with Crippen LogP contribution in [0.1, 0.15) is 5.56 Å². The molecule has 0 atom stereocenters. The van der Waals surface area contributed by atoms with E-state index in [-0.39, 0.29) is 0 Å². The van der Waals surface area contributed by atoms with E-state index in [0.29, 0.717) is 12.6 Å². The van der Waals surface area contributed by atoms with Gasteiger partial charge in [0.1, 0.15) is 0 Å². The minimum Gasteiger partial charge on any atom is -0.377 e. The van der Waals surface area contributed by atoms with Gasteiger partial charge in [0.25, 0.3) is 0 Å². The number of nitrogens with zero attached hydrogens (tertiary/aromatic N) is 1. The van der Waals surface area contributed by atoms with Crippen molar-refractivity contribution >= 4 is 5.69 Å². The summed E-state index contributed by atoms with van der Waals surface area (Å²) in [7, 11) is 0. The van der Waals surface area contributed by atoms with Crippen molar-refractivity contribution in [2.45, 2.75) is 13.0 Å². The van der Waals surface area contributed by atoms with Gasteiger partial charge in [0.15, 0.2) is 0 Å². The highest BCUT2D eigenvalue weighted by Crippen LogP contribution is 2.21. The number of ether oxygens (including phenoxy) is 1. The molecular formula is C12H18N2O. The minimum absolute atomic E-state index is 0.510. The van der Waals surface area contributed by atoms with E-state index in [1.54, 1.807) is 0 Å². The molecule has 0 amide bonds. The van der Waals surface area contributed by atoms with E-state index in [0.717, 1.165) is 19.8 Å². The van der Waals surface area contributed by atoms with Crippen LogP contribution in [-0.2, 0) is 4.74 Å². The molecule has 1 saturated heterocycles. The Morgan fingerprint density at radius 1 is 1.33 bits per heavy atom. The molecule has 2 N–H and O–H groups in total. The number of hydrogen-bond acceptors (Lipinski definition) is 3. The molecular weight excluding hydrogens is 188 g/mol. The van der Waals surface area contributed by atoms with Crippen molar-refractivity contribution in [3.8, 4) is 0 Å². The fourth-order valence-corrected chi connectivity index (χ4v) is 1.80. The summed E-state index contributed by atoms with van der Waals surface area (Å²) < 4.78 is 5.22. The van der Waals surface area contributed by atoms with Crippen LogP contribution in [0, 0.1) is 6.92 Å². The van der Waals surface area contributed by atoms with Crippen LogP contribution in [0.3, 0.4) is 0 Å². The molecule has 1 aliphatic heterocycles. The zero-order valence-electron chi connectivity index (χ0n) is 9.15. The monoisotopic (exact) mass is 206 g/mol. The Balaban J connectivity index is 2.12. The fourth-order valence-electron chi connectivity index (χ4n) is 1.80. The maximum atomic E-state index is 5.63. The summed E-state index contributed by atoms with van der Waals surface area (Å²) in [5.41, 5.74) is 8.17. The Labute approximate surface area is 90.8 Å². The summed E-state index contributed by atoms with van der Waals surface area (Å²) in [4.78, 5) is 2.34. The molecule has 15 heavy (non-hydrogen) atoms. The third kappa shape index (κ3) is 2.30. The summed E-state index contributed by atoms with van der Waals surface area (Å²) in [5, 5.41) is 0. The summed E-state index contributed by atoms with van der Waals surface area (Å²) in [6.45, 7) is 5.34. The van der Waals surface area contributed by atoms with E-state index in [2.05, 4.69) is 36.1 Å². The molecule has 1 fully saturated rings. The summed E-state index contributed by atoms with van der Waals surface area (Å²) >= 11 is 0. The van der Waals surface area contributed by atoms with Crippen molar-refractivity contribution < 1.29 is 4.74 Å². The first-order chi connectivity index (χ1) is 7.31. The van der Waals surface area contributed by atoms with Gasteiger partial charge in [0, 0.05) is 18.8 Å². The third-order valence-corrected chi connectivity index (χ3v) is 2.80. The van der Waals surface area contributed by atoms with E-state index in [1.807, 2.05) is 0 Å². The Morgan fingerprint density at radius 2 is 2.00 bits per heavy atom.